The summed E-state index contributed by atoms with van der Waals surface area (Å²) in [5.74, 6) is 0. The lowest BCUT2D eigenvalue weighted by Crippen LogP contribution is -2.20. The minimum absolute atomic E-state index is 0.333. The predicted octanol–water partition coefficient (Wildman–Crippen LogP) is 0.210. The summed E-state index contributed by atoms with van der Waals surface area (Å²) in [6.45, 7) is -0.333. The Morgan fingerprint density at radius 3 is 2.92 bits per heavy atom. The summed E-state index contributed by atoms with van der Waals surface area (Å²) in [6, 6.07) is 5.10. The summed E-state index contributed by atoms with van der Waals surface area (Å²) in [7, 11) is 0. The van der Waals surface area contributed by atoms with Crippen molar-refractivity contribution in [1.29, 1.82) is 0 Å². The molecule has 0 saturated carbocycles. The third kappa shape index (κ3) is 2.72. The molecule has 1 aromatic rings. The van der Waals surface area contributed by atoms with E-state index in [1.165, 1.54) is 0 Å². The molecule has 5 nitrogen and oxygen atoms in total. The molecule has 0 aromatic carbocycles. The van der Waals surface area contributed by atoms with Crippen LogP contribution >= 0.6 is 0 Å². The molecule has 0 bridgehead atoms. The summed E-state index contributed by atoms with van der Waals surface area (Å²) in [5, 5.41) is 8.86. The minimum atomic E-state index is -0.926. The maximum atomic E-state index is 10.4. The molecule has 1 aromatic heterocycles. The van der Waals surface area contributed by atoms with Crippen molar-refractivity contribution in [1.82, 2.24) is 4.98 Å². The summed E-state index contributed by atoms with van der Waals surface area (Å²) in [5.41, 5.74) is 5.28. The van der Waals surface area contributed by atoms with Crippen LogP contribution in [0, 0.1) is 0 Å². The Morgan fingerprint density at radius 1 is 1.69 bits per heavy atom. The van der Waals surface area contributed by atoms with Gasteiger partial charge in [-0.15, -0.1) is 0 Å². The average Bonchev–Trinajstić information content (AvgIpc) is 2.15. The Bertz CT molecular complexity index is 276. The molecule has 5 heteroatoms. The number of amides is 1. The van der Waals surface area contributed by atoms with Crippen molar-refractivity contribution in [2.75, 3.05) is 6.61 Å². The smallest absolute Gasteiger partial charge is 0.405 e. The number of hydrogen-bond donors (Lipinski definition) is 2. The molecule has 0 saturated heterocycles. The van der Waals surface area contributed by atoms with Crippen LogP contribution in [0.15, 0.2) is 24.4 Å². The number of aliphatic hydroxyl groups excluding tert-OH is 1. The number of rotatable bonds is 3. The van der Waals surface area contributed by atoms with Crippen LogP contribution in [0.2, 0.25) is 0 Å². The monoisotopic (exact) mass is 182 g/mol. The van der Waals surface area contributed by atoms with Crippen molar-refractivity contribution >= 4 is 6.09 Å². The van der Waals surface area contributed by atoms with Gasteiger partial charge in [0.1, 0.15) is 0 Å². The standard InChI is InChI=1S/C8H10N2O3/c9-8(12)13-7(5-11)6-3-1-2-4-10-6/h1-4,7,11H,5H2,(H2,9,12). The number of primary amides is 1. The number of pyridine rings is 1. The van der Waals surface area contributed by atoms with Gasteiger partial charge >= 0.3 is 6.09 Å². The van der Waals surface area contributed by atoms with Gasteiger partial charge in [0.15, 0.2) is 6.10 Å². The maximum Gasteiger partial charge on any atom is 0.405 e. The maximum absolute atomic E-state index is 10.4. The molecule has 1 rings (SSSR count). The molecule has 1 heterocycles. The summed E-state index contributed by atoms with van der Waals surface area (Å²) in [4.78, 5) is 14.3. The van der Waals surface area contributed by atoms with Gasteiger partial charge in [-0.2, -0.15) is 0 Å². The molecule has 0 radical (unpaired) electrons. The highest BCUT2D eigenvalue weighted by atomic mass is 16.6. The molecule has 1 amide bonds. The Morgan fingerprint density at radius 2 is 2.46 bits per heavy atom. The number of nitrogens with zero attached hydrogens (tertiary/aromatic N) is 1. The van der Waals surface area contributed by atoms with E-state index in [-0.39, 0.29) is 6.61 Å². The van der Waals surface area contributed by atoms with Gasteiger partial charge in [0.25, 0.3) is 0 Å². The molecule has 1 unspecified atom stereocenters. The molecular weight excluding hydrogens is 172 g/mol. The van der Waals surface area contributed by atoms with E-state index in [0.29, 0.717) is 5.69 Å². The molecule has 1 atom stereocenters. The van der Waals surface area contributed by atoms with Gasteiger partial charge in [-0.1, -0.05) is 6.07 Å². The topological polar surface area (TPSA) is 85.4 Å². The molecule has 70 valence electrons. The van der Waals surface area contributed by atoms with Gasteiger partial charge in [-0.25, -0.2) is 4.79 Å². The third-order valence-corrected chi connectivity index (χ3v) is 1.44. The van der Waals surface area contributed by atoms with Crippen LogP contribution in [0.1, 0.15) is 11.8 Å². The molecule has 3 N–H and O–H groups in total. The number of carbonyl (C=O) groups excluding carboxylic acids is 1. The highest BCUT2D eigenvalue weighted by molar-refractivity contribution is 5.64. The first kappa shape index (κ1) is 9.47. The van der Waals surface area contributed by atoms with Gasteiger partial charge in [0.05, 0.1) is 12.3 Å². The fraction of sp³-hybridized carbons (Fsp3) is 0.250. The zero-order chi connectivity index (χ0) is 9.68. The van der Waals surface area contributed by atoms with Crippen molar-refractivity contribution < 1.29 is 14.6 Å². The highest BCUT2D eigenvalue weighted by Gasteiger charge is 2.14. The Labute approximate surface area is 75.2 Å². The zero-order valence-corrected chi connectivity index (χ0v) is 6.88. The molecule has 13 heavy (non-hydrogen) atoms. The summed E-state index contributed by atoms with van der Waals surface area (Å²) >= 11 is 0. The van der Waals surface area contributed by atoms with Gasteiger partial charge in [-0.3, -0.25) is 4.98 Å². The van der Waals surface area contributed by atoms with Crippen LogP contribution in [-0.2, 0) is 4.74 Å². The quantitative estimate of drug-likeness (QED) is 0.699. The lowest BCUT2D eigenvalue weighted by molar-refractivity contribution is 0.0608. The zero-order valence-electron chi connectivity index (χ0n) is 6.88. The van der Waals surface area contributed by atoms with E-state index in [4.69, 9.17) is 10.8 Å². The fourth-order valence-corrected chi connectivity index (χ4v) is 0.898. The van der Waals surface area contributed by atoms with Crippen molar-refractivity contribution in [3.63, 3.8) is 0 Å². The van der Waals surface area contributed by atoms with Crippen molar-refractivity contribution in [2.24, 2.45) is 5.73 Å². The van der Waals surface area contributed by atoms with Crippen LogP contribution in [0.5, 0.6) is 0 Å². The molecule has 0 spiro atoms. The summed E-state index contributed by atoms with van der Waals surface area (Å²) < 4.78 is 4.61. The minimum Gasteiger partial charge on any atom is -0.437 e. The number of hydrogen-bond acceptors (Lipinski definition) is 4. The van der Waals surface area contributed by atoms with Crippen molar-refractivity contribution in [3.8, 4) is 0 Å². The fourth-order valence-electron chi connectivity index (χ4n) is 0.898. The van der Waals surface area contributed by atoms with Crippen molar-refractivity contribution in [3.05, 3.63) is 30.1 Å². The highest BCUT2D eigenvalue weighted by Crippen LogP contribution is 2.12. The third-order valence-electron chi connectivity index (χ3n) is 1.44. The lowest BCUT2D eigenvalue weighted by atomic mass is 10.2. The van der Waals surface area contributed by atoms with Crippen LogP contribution in [0.4, 0.5) is 4.79 Å². The Kier molecular flexibility index (Phi) is 3.22. The van der Waals surface area contributed by atoms with E-state index in [9.17, 15) is 4.79 Å². The van der Waals surface area contributed by atoms with E-state index in [1.807, 2.05) is 0 Å². The van der Waals surface area contributed by atoms with Gasteiger partial charge in [0, 0.05) is 6.20 Å². The van der Waals surface area contributed by atoms with Crippen LogP contribution in [0.25, 0.3) is 0 Å². The number of carbonyl (C=O) groups is 1. The Balaban J connectivity index is 2.73. The second kappa shape index (κ2) is 4.42. The second-order valence-electron chi connectivity index (χ2n) is 2.36. The van der Waals surface area contributed by atoms with E-state index in [2.05, 4.69) is 9.72 Å². The summed E-state index contributed by atoms with van der Waals surface area (Å²) in [6.07, 6.45) is -0.161. The lowest BCUT2D eigenvalue weighted by Gasteiger charge is -2.12. The van der Waals surface area contributed by atoms with Gasteiger partial charge in [0.2, 0.25) is 0 Å². The molecule has 0 aliphatic carbocycles. The van der Waals surface area contributed by atoms with Crippen LogP contribution in [-0.4, -0.2) is 22.8 Å². The first-order chi connectivity index (χ1) is 6.24. The van der Waals surface area contributed by atoms with E-state index >= 15 is 0 Å². The molecule has 0 fully saturated rings. The second-order valence-corrected chi connectivity index (χ2v) is 2.36. The average molecular weight is 182 g/mol. The van der Waals surface area contributed by atoms with Crippen LogP contribution < -0.4 is 5.73 Å². The van der Waals surface area contributed by atoms with E-state index < -0.39 is 12.2 Å². The van der Waals surface area contributed by atoms with E-state index in [1.54, 1.807) is 24.4 Å². The number of ether oxygens (including phenoxy) is 1. The predicted molar refractivity (Wildman–Crippen MR) is 44.7 cm³/mol. The number of nitrogens with two attached hydrogens (primary N) is 1. The first-order valence-corrected chi connectivity index (χ1v) is 3.72. The first-order valence-electron chi connectivity index (χ1n) is 3.72. The Hall–Kier alpha value is -1.62. The van der Waals surface area contributed by atoms with Crippen LogP contribution in [0.3, 0.4) is 0 Å². The normalized spacial score (nSPS) is 12.1. The van der Waals surface area contributed by atoms with Crippen molar-refractivity contribution in [2.45, 2.75) is 6.10 Å². The van der Waals surface area contributed by atoms with E-state index in [0.717, 1.165) is 0 Å². The van der Waals surface area contributed by atoms with Gasteiger partial charge in [-0.05, 0) is 12.1 Å². The number of aromatic nitrogens is 1. The number of aliphatic hydroxyl groups is 1. The molecular formula is C8H10N2O3. The molecule has 0 aliphatic rings. The van der Waals surface area contributed by atoms with Gasteiger partial charge < -0.3 is 15.6 Å². The molecule has 0 aliphatic heterocycles. The largest absolute Gasteiger partial charge is 0.437 e. The SMILES string of the molecule is NC(=O)OC(CO)c1ccccn1.